The van der Waals surface area contributed by atoms with E-state index < -0.39 is 17.5 Å². The van der Waals surface area contributed by atoms with Crippen molar-refractivity contribution in [2.24, 2.45) is 0 Å². The second kappa shape index (κ2) is 4.84. The number of ether oxygens (including phenoxy) is 1. The van der Waals surface area contributed by atoms with Gasteiger partial charge in [-0.2, -0.15) is 0 Å². The molecule has 16 heavy (non-hydrogen) atoms. The van der Waals surface area contributed by atoms with E-state index in [1.54, 1.807) is 0 Å². The number of hydrogen-bond donors (Lipinski definition) is 1. The third kappa shape index (κ3) is 2.43. The van der Waals surface area contributed by atoms with Crippen LogP contribution in [0, 0.1) is 10.1 Å². The summed E-state index contributed by atoms with van der Waals surface area (Å²) in [4.78, 5) is 9.74. The fourth-order valence-corrected chi connectivity index (χ4v) is 1.19. The van der Waals surface area contributed by atoms with E-state index in [9.17, 15) is 18.9 Å². The number of aliphatic hydroxyl groups is 1. The first kappa shape index (κ1) is 12.3. The summed E-state index contributed by atoms with van der Waals surface area (Å²) in [6.07, 6.45) is -4.99. The molecule has 1 aromatic carbocycles. The Balaban J connectivity index is 3.16. The number of alkyl halides is 2. The number of nitrogens with zero attached hydrogens (tertiary/aromatic N) is 1. The molecule has 0 bridgehead atoms. The minimum atomic E-state index is -2.98. The Morgan fingerprint density at radius 1 is 1.50 bits per heavy atom. The van der Waals surface area contributed by atoms with E-state index in [-0.39, 0.29) is 17.0 Å². The van der Waals surface area contributed by atoms with Crippen molar-refractivity contribution in [1.82, 2.24) is 0 Å². The average Bonchev–Trinajstić information content (AvgIpc) is 2.26. The molecule has 0 heterocycles. The molecule has 0 amide bonds. The van der Waals surface area contributed by atoms with Crippen LogP contribution in [0.4, 0.5) is 14.5 Å². The van der Waals surface area contributed by atoms with Crippen molar-refractivity contribution in [3.63, 3.8) is 0 Å². The highest BCUT2D eigenvalue weighted by Gasteiger charge is 2.24. The fourth-order valence-electron chi connectivity index (χ4n) is 1.19. The number of hydrogen-bond acceptors (Lipinski definition) is 4. The predicted octanol–water partition coefficient (Wildman–Crippen LogP) is 1.90. The molecule has 0 fully saturated rings. The van der Waals surface area contributed by atoms with Gasteiger partial charge in [0.2, 0.25) is 0 Å². The number of nitro groups is 1. The zero-order chi connectivity index (χ0) is 12.3. The molecule has 1 N–H and O–H groups in total. The number of benzene rings is 1. The van der Waals surface area contributed by atoms with Gasteiger partial charge in [-0.3, -0.25) is 10.1 Å². The topological polar surface area (TPSA) is 72.6 Å². The van der Waals surface area contributed by atoms with E-state index >= 15 is 0 Å². The summed E-state index contributed by atoms with van der Waals surface area (Å²) in [5.74, 6) is -0.137. The van der Waals surface area contributed by atoms with Gasteiger partial charge in [0, 0.05) is 11.6 Å². The van der Waals surface area contributed by atoms with E-state index in [2.05, 4.69) is 0 Å². The Hall–Kier alpha value is -1.76. The van der Waals surface area contributed by atoms with Crippen LogP contribution in [0.3, 0.4) is 0 Å². The first-order valence-electron chi connectivity index (χ1n) is 4.26. The van der Waals surface area contributed by atoms with Crippen LogP contribution in [0.1, 0.15) is 11.7 Å². The SMILES string of the molecule is COc1cc([N+](=O)[O-])ccc1C(O)C(F)F. The number of nitro benzene ring substituents is 1. The Kier molecular flexibility index (Phi) is 3.73. The lowest BCUT2D eigenvalue weighted by Crippen LogP contribution is -2.09. The van der Waals surface area contributed by atoms with Gasteiger partial charge in [-0.05, 0) is 6.07 Å². The highest BCUT2D eigenvalue weighted by Crippen LogP contribution is 2.32. The monoisotopic (exact) mass is 233 g/mol. The largest absolute Gasteiger partial charge is 0.496 e. The summed E-state index contributed by atoms with van der Waals surface area (Å²) in [5, 5.41) is 19.6. The fraction of sp³-hybridized carbons (Fsp3) is 0.333. The smallest absolute Gasteiger partial charge is 0.273 e. The van der Waals surface area contributed by atoms with Crippen molar-refractivity contribution in [3.8, 4) is 5.75 Å². The van der Waals surface area contributed by atoms with Crippen molar-refractivity contribution < 1.29 is 23.5 Å². The van der Waals surface area contributed by atoms with Crippen molar-refractivity contribution in [1.29, 1.82) is 0 Å². The third-order valence-electron chi connectivity index (χ3n) is 1.99. The molecule has 0 saturated carbocycles. The summed E-state index contributed by atoms with van der Waals surface area (Å²) in [6, 6.07) is 3.07. The highest BCUT2D eigenvalue weighted by molar-refractivity contribution is 5.45. The van der Waals surface area contributed by atoms with Gasteiger partial charge < -0.3 is 9.84 Å². The van der Waals surface area contributed by atoms with E-state index in [4.69, 9.17) is 9.84 Å². The van der Waals surface area contributed by atoms with Crippen molar-refractivity contribution in [2.75, 3.05) is 7.11 Å². The first-order chi connectivity index (χ1) is 7.47. The summed E-state index contributed by atoms with van der Waals surface area (Å²) in [5.41, 5.74) is -0.467. The Morgan fingerprint density at radius 2 is 2.12 bits per heavy atom. The van der Waals surface area contributed by atoms with E-state index in [0.29, 0.717) is 0 Å². The molecule has 0 saturated heterocycles. The van der Waals surface area contributed by atoms with Crippen LogP contribution in [0.25, 0.3) is 0 Å². The molecule has 0 aliphatic rings. The van der Waals surface area contributed by atoms with Gasteiger partial charge in [-0.1, -0.05) is 0 Å². The lowest BCUT2D eigenvalue weighted by Gasteiger charge is -2.13. The quantitative estimate of drug-likeness (QED) is 0.636. The lowest BCUT2D eigenvalue weighted by molar-refractivity contribution is -0.385. The first-order valence-corrected chi connectivity index (χ1v) is 4.26. The number of methoxy groups -OCH3 is 1. The molecule has 88 valence electrons. The second-order valence-corrected chi connectivity index (χ2v) is 2.96. The predicted molar refractivity (Wildman–Crippen MR) is 50.6 cm³/mol. The molecule has 0 aliphatic heterocycles. The second-order valence-electron chi connectivity index (χ2n) is 2.96. The van der Waals surface area contributed by atoms with Crippen molar-refractivity contribution >= 4 is 5.69 Å². The number of halogens is 2. The Bertz CT molecular complexity index is 397. The Labute approximate surface area is 89.4 Å². The van der Waals surface area contributed by atoms with E-state index in [1.807, 2.05) is 0 Å². The maximum absolute atomic E-state index is 12.3. The van der Waals surface area contributed by atoms with E-state index in [1.165, 1.54) is 7.11 Å². The van der Waals surface area contributed by atoms with Crippen LogP contribution in [0.15, 0.2) is 18.2 Å². The number of rotatable bonds is 4. The molecule has 0 radical (unpaired) electrons. The van der Waals surface area contributed by atoms with Crippen LogP contribution in [-0.2, 0) is 0 Å². The maximum atomic E-state index is 12.3. The van der Waals surface area contributed by atoms with Gasteiger partial charge in [0.15, 0.2) is 0 Å². The zero-order valence-electron chi connectivity index (χ0n) is 8.26. The molecule has 1 unspecified atom stereocenters. The molecule has 0 aromatic heterocycles. The lowest BCUT2D eigenvalue weighted by atomic mass is 10.1. The summed E-state index contributed by atoms with van der Waals surface area (Å²) < 4.78 is 29.2. The summed E-state index contributed by atoms with van der Waals surface area (Å²) in [6.45, 7) is 0. The third-order valence-corrected chi connectivity index (χ3v) is 1.99. The van der Waals surface area contributed by atoms with Gasteiger partial charge in [0.05, 0.1) is 18.1 Å². The van der Waals surface area contributed by atoms with Crippen molar-refractivity contribution in [2.45, 2.75) is 12.5 Å². The standard InChI is InChI=1S/C9H9F2NO4/c1-16-7-4-5(12(14)15)2-3-6(7)8(13)9(10)11/h2-4,8-9,13H,1H3. The molecule has 0 spiro atoms. The van der Waals surface area contributed by atoms with Crippen LogP contribution < -0.4 is 4.74 Å². The van der Waals surface area contributed by atoms with Gasteiger partial charge in [0.1, 0.15) is 11.9 Å². The van der Waals surface area contributed by atoms with Gasteiger partial charge >= 0.3 is 0 Å². The van der Waals surface area contributed by atoms with Gasteiger partial charge in [0.25, 0.3) is 12.1 Å². The zero-order valence-corrected chi connectivity index (χ0v) is 8.26. The molecular weight excluding hydrogens is 224 g/mol. The molecular formula is C9H9F2NO4. The van der Waals surface area contributed by atoms with Crippen molar-refractivity contribution in [3.05, 3.63) is 33.9 Å². The molecule has 1 rings (SSSR count). The molecule has 1 aromatic rings. The van der Waals surface area contributed by atoms with Gasteiger partial charge in [-0.25, -0.2) is 8.78 Å². The van der Waals surface area contributed by atoms with Crippen LogP contribution in [-0.4, -0.2) is 23.6 Å². The molecule has 1 atom stereocenters. The minimum Gasteiger partial charge on any atom is -0.496 e. The van der Waals surface area contributed by atoms with Crippen LogP contribution >= 0.6 is 0 Å². The maximum Gasteiger partial charge on any atom is 0.273 e. The van der Waals surface area contributed by atoms with Crippen LogP contribution in [0.5, 0.6) is 5.75 Å². The minimum absolute atomic E-state index is 0.137. The molecule has 7 heteroatoms. The molecule has 5 nitrogen and oxygen atoms in total. The van der Waals surface area contributed by atoms with Gasteiger partial charge in [-0.15, -0.1) is 0 Å². The Morgan fingerprint density at radius 3 is 2.56 bits per heavy atom. The summed E-state index contributed by atoms with van der Waals surface area (Å²) >= 11 is 0. The number of non-ortho nitro benzene ring substituents is 1. The number of aliphatic hydroxyl groups excluding tert-OH is 1. The average molecular weight is 233 g/mol. The summed E-state index contributed by atoms with van der Waals surface area (Å²) in [7, 11) is 1.18. The normalized spacial score (nSPS) is 12.6. The van der Waals surface area contributed by atoms with Crippen LogP contribution in [0.2, 0.25) is 0 Å². The van der Waals surface area contributed by atoms with E-state index in [0.717, 1.165) is 18.2 Å². The molecule has 0 aliphatic carbocycles. The highest BCUT2D eigenvalue weighted by atomic mass is 19.3.